The van der Waals surface area contributed by atoms with Crippen LogP contribution in [-0.4, -0.2) is 34.1 Å². The van der Waals surface area contributed by atoms with Crippen molar-refractivity contribution in [3.8, 4) is 17.1 Å². The Bertz CT molecular complexity index is 1240. The molecular weight excluding hydrogens is 430 g/mol. The average molecular weight is 440 g/mol. The molecule has 148 valence electrons. The van der Waals surface area contributed by atoms with Crippen LogP contribution in [0.5, 0.6) is 0 Å². The van der Waals surface area contributed by atoms with E-state index in [9.17, 15) is 13.2 Å². The molecule has 1 aromatic carbocycles. The van der Waals surface area contributed by atoms with Gasteiger partial charge in [-0.25, -0.2) is 14.6 Å². The molecule has 3 aromatic heterocycles. The Hall–Kier alpha value is -2.85. The first-order chi connectivity index (χ1) is 13.8. The number of halogens is 5. The van der Waals surface area contributed by atoms with Crippen molar-refractivity contribution < 1.29 is 13.2 Å². The summed E-state index contributed by atoms with van der Waals surface area (Å²) >= 11 is 12.4. The molecule has 0 aliphatic carbocycles. The van der Waals surface area contributed by atoms with Crippen LogP contribution >= 0.6 is 23.2 Å². The number of hydrogen-bond donors (Lipinski definition) is 0. The highest BCUT2D eigenvalue weighted by Gasteiger charge is 2.33. The van der Waals surface area contributed by atoms with Crippen LogP contribution in [0.3, 0.4) is 0 Å². The number of nitrogens with zero attached hydrogens (tertiary/aromatic N) is 7. The molecular formula is C17H10Cl2F3N7. The van der Waals surface area contributed by atoms with Crippen LogP contribution < -0.4 is 0 Å². The second-order valence-electron chi connectivity index (χ2n) is 6.42. The first-order valence-corrected chi connectivity index (χ1v) is 9.11. The summed E-state index contributed by atoms with van der Waals surface area (Å²) in [7, 11) is 0. The van der Waals surface area contributed by atoms with Gasteiger partial charge in [0.1, 0.15) is 12.9 Å². The van der Waals surface area contributed by atoms with Gasteiger partial charge >= 0.3 is 6.18 Å². The van der Waals surface area contributed by atoms with Crippen LogP contribution in [0.15, 0.2) is 36.8 Å². The minimum Gasteiger partial charge on any atom is -0.299 e. The summed E-state index contributed by atoms with van der Waals surface area (Å²) in [6, 6.07) is 6.23. The Kier molecular flexibility index (Phi) is 3.97. The Morgan fingerprint density at radius 2 is 1.93 bits per heavy atom. The van der Waals surface area contributed by atoms with Crippen LogP contribution in [-0.2, 0) is 19.3 Å². The summed E-state index contributed by atoms with van der Waals surface area (Å²) in [5, 5.41) is 8.84. The van der Waals surface area contributed by atoms with Gasteiger partial charge in [0.15, 0.2) is 22.5 Å². The van der Waals surface area contributed by atoms with E-state index in [0.717, 1.165) is 16.4 Å². The monoisotopic (exact) mass is 439 g/mol. The molecule has 0 unspecified atom stereocenters. The zero-order valence-corrected chi connectivity index (χ0v) is 15.9. The number of rotatable bonds is 2. The highest BCUT2D eigenvalue weighted by atomic mass is 35.5. The third-order valence-electron chi connectivity index (χ3n) is 4.52. The van der Waals surface area contributed by atoms with E-state index in [1.165, 1.54) is 6.20 Å². The van der Waals surface area contributed by atoms with E-state index < -0.39 is 11.9 Å². The number of alkyl halides is 3. The predicted octanol–water partition coefficient (Wildman–Crippen LogP) is 4.06. The molecule has 1 aliphatic rings. The van der Waals surface area contributed by atoms with Gasteiger partial charge in [-0.2, -0.15) is 23.4 Å². The van der Waals surface area contributed by atoms with E-state index in [-0.39, 0.29) is 6.54 Å². The first kappa shape index (κ1) is 18.2. The second kappa shape index (κ2) is 6.33. The van der Waals surface area contributed by atoms with Gasteiger partial charge in [0, 0.05) is 16.8 Å². The predicted molar refractivity (Wildman–Crippen MR) is 98.0 cm³/mol. The van der Waals surface area contributed by atoms with Crippen LogP contribution in [0, 0.1) is 0 Å². The Labute approximate surface area is 171 Å². The summed E-state index contributed by atoms with van der Waals surface area (Å²) in [4.78, 5) is 8.67. The maximum atomic E-state index is 12.8. The summed E-state index contributed by atoms with van der Waals surface area (Å²) < 4.78 is 43.0. The standard InChI is InChI=1S/C17H10Cl2F3N7/c18-9-1-2-11-10(5-9)16-24-14(7-27-4-3-13(25-27)17(20,21)22)26-29(16)6-12-15(19)23-8-28(11)12/h1-5,8H,6-7H2. The molecule has 7 nitrogen and oxygen atoms in total. The molecule has 0 spiro atoms. The van der Waals surface area contributed by atoms with E-state index in [1.807, 2.05) is 10.6 Å². The molecule has 12 heteroatoms. The number of fused-ring (bicyclic) bond motifs is 5. The van der Waals surface area contributed by atoms with Crippen molar-refractivity contribution in [2.24, 2.45) is 0 Å². The second-order valence-corrected chi connectivity index (χ2v) is 7.21. The van der Waals surface area contributed by atoms with Gasteiger partial charge in [0.05, 0.1) is 17.9 Å². The van der Waals surface area contributed by atoms with Crippen molar-refractivity contribution in [1.29, 1.82) is 0 Å². The average Bonchev–Trinajstić information content (AvgIpc) is 3.34. The lowest BCUT2D eigenvalue weighted by Crippen LogP contribution is -2.09. The van der Waals surface area contributed by atoms with E-state index in [4.69, 9.17) is 23.2 Å². The maximum Gasteiger partial charge on any atom is 0.435 e. The Balaban J connectivity index is 1.58. The number of hydrogen-bond acceptors (Lipinski definition) is 4. The molecule has 0 atom stereocenters. The van der Waals surface area contributed by atoms with Gasteiger partial charge in [0.2, 0.25) is 0 Å². The SMILES string of the molecule is FC(F)(F)c1ccn(Cc2nc3n(n2)Cc2c(Cl)ncn2-c2ccc(Cl)cc2-3)n1. The quantitative estimate of drug-likeness (QED) is 0.415. The molecule has 0 saturated heterocycles. The highest BCUT2D eigenvalue weighted by Crippen LogP contribution is 2.34. The molecule has 4 heterocycles. The lowest BCUT2D eigenvalue weighted by atomic mass is 10.1. The van der Waals surface area contributed by atoms with Gasteiger partial charge in [-0.1, -0.05) is 23.2 Å². The van der Waals surface area contributed by atoms with Crippen molar-refractivity contribution in [3.63, 3.8) is 0 Å². The highest BCUT2D eigenvalue weighted by molar-refractivity contribution is 6.31. The van der Waals surface area contributed by atoms with E-state index in [1.54, 1.807) is 23.1 Å². The molecule has 1 aliphatic heterocycles. The third kappa shape index (κ3) is 3.08. The summed E-state index contributed by atoms with van der Waals surface area (Å²) in [5.74, 6) is 0.840. The molecule has 4 aromatic rings. The van der Waals surface area contributed by atoms with Crippen molar-refractivity contribution in [2.75, 3.05) is 0 Å². The zero-order chi connectivity index (χ0) is 20.3. The molecule has 0 N–H and O–H groups in total. The minimum absolute atomic E-state index is 0.0149. The van der Waals surface area contributed by atoms with Crippen molar-refractivity contribution >= 4 is 23.2 Å². The fourth-order valence-electron chi connectivity index (χ4n) is 3.25. The fraction of sp³-hybridized carbons (Fsp3) is 0.176. The fourth-order valence-corrected chi connectivity index (χ4v) is 3.62. The summed E-state index contributed by atoms with van der Waals surface area (Å²) in [5.41, 5.74) is 1.23. The van der Waals surface area contributed by atoms with Crippen molar-refractivity contribution in [1.82, 2.24) is 34.1 Å². The number of imidazole rings is 1. The molecule has 0 bridgehead atoms. The van der Waals surface area contributed by atoms with Crippen LogP contribution in [0.4, 0.5) is 13.2 Å². The largest absolute Gasteiger partial charge is 0.435 e. The van der Waals surface area contributed by atoms with Gasteiger partial charge in [-0.05, 0) is 24.3 Å². The Morgan fingerprint density at radius 1 is 1.10 bits per heavy atom. The van der Waals surface area contributed by atoms with Gasteiger partial charge in [0.25, 0.3) is 0 Å². The molecule has 5 rings (SSSR count). The van der Waals surface area contributed by atoms with Gasteiger partial charge < -0.3 is 0 Å². The summed E-state index contributed by atoms with van der Waals surface area (Å²) in [6.07, 6.45) is -1.65. The minimum atomic E-state index is -4.51. The normalized spacial score (nSPS) is 13.0. The van der Waals surface area contributed by atoms with Gasteiger partial charge in [-0.3, -0.25) is 9.25 Å². The Morgan fingerprint density at radius 3 is 2.69 bits per heavy atom. The van der Waals surface area contributed by atoms with Gasteiger partial charge in [-0.15, -0.1) is 0 Å². The first-order valence-electron chi connectivity index (χ1n) is 8.36. The lowest BCUT2D eigenvalue weighted by molar-refractivity contribution is -0.141. The van der Waals surface area contributed by atoms with E-state index >= 15 is 0 Å². The lowest BCUT2D eigenvalue weighted by Gasteiger charge is -2.08. The van der Waals surface area contributed by atoms with Crippen LogP contribution in [0.1, 0.15) is 17.2 Å². The topological polar surface area (TPSA) is 66.3 Å². The smallest absolute Gasteiger partial charge is 0.299 e. The maximum absolute atomic E-state index is 12.8. The van der Waals surface area contributed by atoms with Crippen molar-refractivity contribution in [2.45, 2.75) is 19.3 Å². The van der Waals surface area contributed by atoms with E-state index in [2.05, 4.69) is 20.2 Å². The van der Waals surface area contributed by atoms with Crippen molar-refractivity contribution in [3.05, 3.63) is 64.2 Å². The zero-order valence-electron chi connectivity index (χ0n) is 14.4. The molecule has 0 radical (unpaired) electrons. The molecule has 0 amide bonds. The van der Waals surface area contributed by atoms with Crippen LogP contribution in [0.2, 0.25) is 10.2 Å². The molecule has 29 heavy (non-hydrogen) atoms. The molecule has 0 saturated carbocycles. The third-order valence-corrected chi connectivity index (χ3v) is 5.07. The number of aromatic nitrogens is 7. The van der Waals surface area contributed by atoms with Crippen LogP contribution in [0.25, 0.3) is 17.1 Å². The summed E-state index contributed by atoms with van der Waals surface area (Å²) in [6.45, 7) is 0.277. The number of benzene rings is 1. The van der Waals surface area contributed by atoms with E-state index in [0.29, 0.717) is 39.6 Å². The molecule has 0 fully saturated rings.